The van der Waals surface area contributed by atoms with Gasteiger partial charge in [-0.3, -0.25) is 4.79 Å². The molecule has 0 bridgehead atoms. The maximum absolute atomic E-state index is 12.2. The molecule has 0 unspecified atom stereocenters. The first kappa shape index (κ1) is 25.3. The van der Waals surface area contributed by atoms with E-state index in [9.17, 15) is 4.79 Å². The van der Waals surface area contributed by atoms with Crippen molar-refractivity contribution in [3.8, 4) is 12.3 Å². The first-order valence-electron chi connectivity index (χ1n) is 10.9. The summed E-state index contributed by atoms with van der Waals surface area (Å²) in [5.74, 6) is 3.15. The minimum atomic E-state index is -0.0832. The zero-order chi connectivity index (χ0) is 25.4. The summed E-state index contributed by atoms with van der Waals surface area (Å²) in [6.07, 6.45) is 9.52. The molecule has 0 atom stereocenters. The Morgan fingerprint density at radius 1 is 1.34 bits per heavy atom. The molecule has 0 saturated heterocycles. The predicted molar refractivity (Wildman–Crippen MR) is 133 cm³/mol. The van der Waals surface area contributed by atoms with Crippen molar-refractivity contribution in [3.63, 3.8) is 0 Å². The summed E-state index contributed by atoms with van der Waals surface area (Å²) in [6, 6.07) is 7.15. The molecule has 182 valence electrons. The van der Waals surface area contributed by atoms with Crippen LogP contribution in [-0.4, -0.2) is 65.7 Å². The SMILES string of the molecule is C#C/C(OCCCO)=C(\C=C/C)c1nnc(C2=C(N)NCC(c3ccc(C(=O)N(C)C)cc3)=N2)o1. The summed E-state index contributed by atoms with van der Waals surface area (Å²) in [5, 5.41) is 20.3. The highest BCUT2D eigenvalue weighted by molar-refractivity contribution is 6.06. The Labute approximate surface area is 203 Å². The third-order valence-corrected chi connectivity index (χ3v) is 4.94. The molecule has 0 spiro atoms. The maximum atomic E-state index is 12.2. The molecule has 1 amide bonds. The van der Waals surface area contributed by atoms with Crippen LogP contribution in [0.3, 0.4) is 0 Å². The number of carbonyl (C=O) groups is 1. The van der Waals surface area contributed by atoms with Crippen molar-refractivity contribution in [2.75, 3.05) is 33.9 Å². The number of nitrogens with two attached hydrogens (primary N) is 1. The molecule has 1 aromatic carbocycles. The first-order chi connectivity index (χ1) is 16.9. The number of allylic oxidation sites excluding steroid dienone is 4. The number of ether oxygens (including phenoxy) is 1. The Bertz CT molecular complexity index is 1230. The number of hydrogen-bond donors (Lipinski definition) is 3. The second-order valence-corrected chi connectivity index (χ2v) is 7.68. The van der Waals surface area contributed by atoms with Crippen LogP contribution in [0.1, 0.15) is 41.0 Å². The molecule has 1 aliphatic rings. The molecule has 2 heterocycles. The van der Waals surface area contributed by atoms with Crippen molar-refractivity contribution < 1.29 is 19.1 Å². The molecule has 2 aromatic rings. The maximum Gasteiger partial charge on any atom is 0.270 e. The lowest BCUT2D eigenvalue weighted by atomic mass is 10.1. The monoisotopic (exact) mass is 476 g/mol. The van der Waals surface area contributed by atoms with Crippen molar-refractivity contribution in [3.05, 3.63) is 70.9 Å². The molecule has 0 saturated carbocycles. The molecule has 0 aliphatic carbocycles. The third kappa shape index (κ3) is 5.96. The lowest BCUT2D eigenvalue weighted by Gasteiger charge is -2.17. The second-order valence-electron chi connectivity index (χ2n) is 7.68. The van der Waals surface area contributed by atoms with Gasteiger partial charge in [0.1, 0.15) is 5.82 Å². The van der Waals surface area contributed by atoms with Gasteiger partial charge in [0, 0.05) is 32.7 Å². The van der Waals surface area contributed by atoms with Crippen molar-refractivity contribution in [2.24, 2.45) is 10.7 Å². The Morgan fingerprint density at radius 3 is 2.71 bits per heavy atom. The number of amides is 1. The predicted octanol–water partition coefficient (Wildman–Crippen LogP) is 1.77. The number of aliphatic hydroxyl groups excluding tert-OH is 1. The molecule has 10 nitrogen and oxygen atoms in total. The lowest BCUT2D eigenvalue weighted by molar-refractivity contribution is 0.0827. The van der Waals surface area contributed by atoms with E-state index in [1.165, 1.54) is 4.90 Å². The Balaban J connectivity index is 1.92. The average molecular weight is 477 g/mol. The van der Waals surface area contributed by atoms with E-state index in [0.29, 0.717) is 35.5 Å². The summed E-state index contributed by atoms with van der Waals surface area (Å²) in [6.45, 7) is 2.43. The van der Waals surface area contributed by atoms with Gasteiger partial charge >= 0.3 is 0 Å². The van der Waals surface area contributed by atoms with E-state index in [-0.39, 0.29) is 42.5 Å². The zero-order valence-electron chi connectivity index (χ0n) is 19.9. The van der Waals surface area contributed by atoms with E-state index in [4.69, 9.17) is 26.4 Å². The van der Waals surface area contributed by atoms with Crippen LogP contribution in [0.4, 0.5) is 0 Å². The van der Waals surface area contributed by atoms with Crippen LogP contribution in [0.15, 0.2) is 57.4 Å². The molecule has 3 rings (SSSR count). The van der Waals surface area contributed by atoms with Crippen LogP contribution in [0.5, 0.6) is 0 Å². The molecule has 1 aliphatic heterocycles. The van der Waals surface area contributed by atoms with Gasteiger partial charge in [0.15, 0.2) is 11.5 Å². The Hall–Kier alpha value is -4.36. The number of aliphatic hydroxyl groups is 1. The molecule has 1 aromatic heterocycles. The van der Waals surface area contributed by atoms with E-state index in [0.717, 1.165) is 5.56 Å². The number of rotatable bonds is 9. The molecule has 0 radical (unpaired) electrons. The fraction of sp³-hybridized carbons (Fsp3) is 0.280. The zero-order valence-corrected chi connectivity index (χ0v) is 19.9. The summed E-state index contributed by atoms with van der Waals surface area (Å²) >= 11 is 0. The van der Waals surface area contributed by atoms with Gasteiger partial charge in [-0.1, -0.05) is 18.2 Å². The van der Waals surface area contributed by atoms with Crippen LogP contribution in [-0.2, 0) is 4.74 Å². The van der Waals surface area contributed by atoms with Crippen molar-refractivity contribution in [1.29, 1.82) is 0 Å². The number of carbonyl (C=O) groups excluding carboxylic acids is 1. The van der Waals surface area contributed by atoms with E-state index in [1.807, 2.05) is 19.1 Å². The number of nitrogens with zero attached hydrogens (tertiary/aromatic N) is 4. The van der Waals surface area contributed by atoms with Crippen LogP contribution in [0.25, 0.3) is 11.3 Å². The smallest absolute Gasteiger partial charge is 0.270 e. The van der Waals surface area contributed by atoms with E-state index in [1.54, 1.807) is 38.4 Å². The highest BCUT2D eigenvalue weighted by Gasteiger charge is 2.22. The van der Waals surface area contributed by atoms with E-state index < -0.39 is 0 Å². The summed E-state index contributed by atoms with van der Waals surface area (Å²) in [4.78, 5) is 18.3. The van der Waals surface area contributed by atoms with Crippen LogP contribution in [0.2, 0.25) is 0 Å². The van der Waals surface area contributed by atoms with Gasteiger partial charge in [0.25, 0.3) is 17.7 Å². The Morgan fingerprint density at radius 2 is 2.09 bits per heavy atom. The van der Waals surface area contributed by atoms with Crippen LogP contribution < -0.4 is 11.1 Å². The van der Waals surface area contributed by atoms with Crippen molar-refractivity contribution in [1.82, 2.24) is 20.4 Å². The summed E-state index contributed by atoms with van der Waals surface area (Å²) in [7, 11) is 3.41. The third-order valence-electron chi connectivity index (χ3n) is 4.94. The second kappa shape index (κ2) is 11.7. The number of hydrogen-bond acceptors (Lipinski definition) is 9. The fourth-order valence-corrected chi connectivity index (χ4v) is 3.16. The molecular formula is C25H28N6O4. The number of aromatic nitrogens is 2. The number of benzene rings is 1. The van der Waals surface area contributed by atoms with Gasteiger partial charge in [-0.25, -0.2) is 4.99 Å². The fourth-order valence-electron chi connectivity index (χ4n) is 3.16. The highest BCUT2D eigenvalue weighted by Crippen LogP contribution is 2.25. The molecule has 0 fully saturated rings. The largest absolute Gasteiger partial charge is 0.485 e. The first-order valence-corrected chi connectivity index (χ1v) is 10.9. The molecule has 4 N–H and O–H groups in total. The lowest BCUT2D eigenvalue weighted by Crippen LogP contribution is -2.32. The van der Waals surface area contributed by atoms with Gasteiger partial charge in [0.05, 0.1) is 24.4 Å². The van der Waals surface area contributed by atoms with E-state index in [2.05, 4.69) is 26.4 Å². The van der Waals surface area contributed by atoms with Crippen LogP contribution in [0, 0.1) is 12.3 Å². The molecular weight excluding hydrogens is 448 g/mol. The molecule has 35 heavy (non-hydrogen) atoms. The summed E-state index contributed by atoms with van der Waals surface area (Å²) in [5.41, 5.74) is 8.95. The highest BCUT2D eigenvalue weighted by atomic mass is 16.5. The van der Waals surface area contributed by atoms with Gasteiger partial charge in [-0.05, 0) is 36.6 Å². The minimum absolute atomic E-state index is 0.0169. The van der Waals surface area contributed by atoms with Crippen LogP contribution >= 0.6 is 0 Å². The number of terminal acetylenes is 1. The number of aliphatic imine (C=N–C) groups is 1. The van der Waals surface area contributed by atoms with Crippen molar-refractivity contribution in [2.45, 2.75) is 13.3 Å². The quantitative estimate of drug-likeness (QED) is 0.215. The Kier molecular flexibility index (Phi) is 8.43. The average Bonchev–Trinajstić information content (AvgIpc) is 3.35. The van der Waals surface area contributed by atoms with Crippen molar-refractivity contribution >= 4 is 22.9 Å². The normalized spacial score (nSPS) is 14.2. The topological polar surface area (TPSA) is 139 Å². The standard InChI is InChI=1S/C25H28N6O4/c1-5-8-18(20(6-2)34-14-7-13-32)23-29-30-24(35-23)21-22(26)27-15-19(28-21)16-9-11-17(12-10-16)25(33)31(3)4/h2,5,8-12,27,32H,7,13-15,26H2,1,3-4H3/b8-5-,20-18-. The molecule has 10 heteroatoms. The van der Waals surface area contributed by atoms with Gasteiger partial charge in [-0.2, -0.15) is 0 Å². The van der Waals surface area contributed by atoms with E-state index >= 15 is 0 Å². The van der Waals surface area contributed by atoms with Gasteiger partial charge in [-0.15, -0.1) is 16.6 Å². The van der Waals surface area contributed by atoms with Gasteiger partial charge < -0.3 is 30.2 Å². The minimum Gasteiger partial charge on any atom is -0.485 e. The summed E-state index contributed by atoms with van der Waals surface area (Å²) < 4.78 is 11.5. The van der Waals surface area contributed by atoms with Gasteiger partial charge in [0.2, 0.25) is 0 Å². The number of nitrogens with one attached hydrogen (secondary N) is 1.